The van der Waals surface area contributed by atoms with E-state index in [1.54, 1.807) is 0 Å². The highest BCUT2D eigenvalue weighted by Gasteiger charge is 2.29. The van der Waals surface area contributed by atoms with E-state index in [4.69, 9.17) is 4.74 Å². The third-order valence-electron chi connectivity index (χ3n) is 4.57. The minimum Gasteiger partial charge on any atom is -0.489 e. The van der Waals surface area contributed by atoms with Crippen LogP contribution in [0.4, 0.5) is 5.69 Å². The topological polar surface area (TPSA) is 21.3 Å². The van der Waals surface area contributed by atoms with Crippen molar-refractivity contribution in [1.29, 1.82) is 0 Å². The minimum atomic E-state index is 0.191. The van der Waals surface area contributed by atoms with E-state index in [1.807, 2.05) is 0 Å². The van der Waals surface area contributed by atoms with Crippen molar-refractivity contribution in [3.8, 4) is 5.75 Å². The van der Waals surface area contributed by atoms with Crippen LogP contribution in [0.15, 0.2) is 18.2 Å². The van der Waals surface area contributed by atoms with Crippen molar-refractivity contribution in [3.63, 3.8) is 0 Å². The summed E-state index contributed by atoms with van der Waals surface area (Å²) in [4.78, 5) is 0. The molecule has 104 valence electrons. The Morgan fingerprint density at radius 3 is 2.58 bits per heavy atom. The number of anilines is 1. The zero-order valence-corrected chi connectivity index (χ0v) is 12.3. The number of benzene rings is 1. The summed E-state index contributed by atoms with van der Waals surface area (Å²) in [6.45, 7) is 7.60. The summed E-state index contributed by atoms with van der Waals surface area (Å²) >= 11 is 0. The molecule has 0 spiro atoms. The molecule has 1 atom stereocenters. The van der Waals surface area contributed by atoms with Crippen molar-refractivity contribution >= 4 is 5.69 Å². The Bertz CT molecular complexity index is 455. The Labute approximate surface area is 116 Å². The van der Waals surface area contributed by atoms with Crippen LogP contribution in [0.1, 0.15) is 52.0 Å². The molecule has 2 heteroatoms. The van der Waals surface area contributed by atoms with Crippen LogP contribution in [0.25, 0.3) is 0 Å². The Kier molecular flexibility index (Phi) is 3.20. The van der Waals surface area contributed by atoms with Gasteiger partial charge in [-0.25, -0.2) is 0 Å². The third kappa shape index (κ3) is 2.58. The fourth-order valence-corrected chi connectivity index (χ4v) is 3.27. The maximum Gasteiger partial charge on any atom is 0.142 e. The average molecular weight is 259 g/mol. The average Bonchev–Trinajstić information content (AvgIpc) is 2.90. The fraction of sp³-hybridized carbons (Fsp3) is 0.647. The Hall–Kier alpha value is -1.18. The van der Waals surface area contributed by atoms with Gasteiger partial charge in [0.15, 0.2) is 0 Å². The molecule has 0 radical (unpaired) electrons. The van der Waals surface area contributed by atoms with Gasteiger partial charge in [-0.05, 0) is 41.9 Å². The van der Waals surface area contributed by atoms with Gasteiger partial charge in [-0.3, -0.25) is 0 Å². The lowest BCUT2D eigenvalue weighted by atomic mass is 9.86. The molecule has 1 aromatic carbocycles. The SMILES string of the molecule is CC(C)(C)c1ccc2c(c1)NC(C1CCCC1)CO2. The van der Waals surface area contributed by atoms with Crippen LogP contribution < -0.4 is 10.1 Å². The van der Waals surface area contributed by atoms with Gasteiger partial charge in [0, 0.05) is 0 Å². The van der Waals surface area contributed by atoms with E-state index in [9.17, 15) is 0 Å². The molecule has 1 aromatic rings. The first-order valence-electron chi connectivity index (χ1n) is 7.58. The van der Waals surface area contributed by atoms with E-state index in [2.05, 4.69) is 44.3 Å². The lowest BCUT2D eigenvalue weighted by Gasteiger charge is -2.32. The van der Waals surface area contributed by atoms with Crippen molar-refractivity contribution < 1.29 is 4.74 Å². The van der Waals surface area contributed by atoms with Gasteiger partial charge in [0.1, 0.15) is 12.4 Å². The maximum atomic E-state index is 5.95. The smallest absolute Gasteiger partial charge is 0.142 e. The fourth-order valence-electron chi connectivity index (χ4n) is 3.27. The summed E-state index contributed by atoms with van der Waals surface area (Å²) < 4.78 is 5.95. The molecule has 2 aliphatic rings. The molecule has 1 N–H and O–H groups in total. The minimum absolute atomic E-state index is 0.191. The lowest BCUT2D eigenvalue weighted by molar-refractivity contribution is 0.245. The normalized spacial score (nSPS) is 23.6. The van der Waals surface area contributed by atoms with Gasteiger partial charge in [-0.2, -0.15) is 0 Å². The number of nitrogens with one attached hydrogen (secondary N) is 1. The highest BCUT2D eigenvalue weighted by atomic mass is 16.5. The molecule has 0 bridgehead atoms. The monoisotopic (exact) mass is 259 g/mol. The largest absolute Gasteiger partial charge is 0.489 e. The molecular formula is C17H25NO. The van der Waals surface area contributed by atoms with E-state index in [-0.39, 0.29) is 5.41 Å². The second-order valence-corrected chi connectivity index (χ2v) is 7.07. The molecular weight excluding hydrogens is 234 g/mol. The number of fused-ring (bicyclic) bond motifs is 1. The second-order valence-electron chi connectivity index (χ2n) is 7.07. The summed E-state index contributed by atoms with van der Waals surface area (Å²) in [6.07, 6.45) is 5.49. The predicted molar refractivity (Wildman–Crippen MR) is 80.0 cm³/mol. The van der Waals surface area contributed by atoms with Crippen LogP contribution in [0.3, 0.4) is 0 Å². The molecule has 1 fully saturated rings. The van der Waals surface area contributed by atoms with Gasteiger partial charge in [0.05, 0.1) is 11.7 Å². The summed E-state index contributed by atoms with van der Waals surface area (Å²) in [5.41, 5.74) is 2.75. The summed E-state index contributed by atoms with van der Waals surface area (Å²) in [5.74, 6) is 1.81. The van der Waals surface area contributed by atoms with Gasteiger partial charge < -0.3 is 10.1 Å². The van der Waals surface area contributed by atoms with Crippen LogP contribution in [0.2, 0.25) is 0 Å². The molecule has 0 saturated heterocycles. The van der Waals surface area contributed by atoms with E-state index in [0.29, 0.717) is 6.04 Å². The van der Waals surface area contributed by atoms with Gasteiger partial charge in [-0.1, -0.05) is 39.7 Å². The van der Waals surface area contributed by atoms with Gasteiger partial charge >= 0.3 is 0 Å². The van der Waals surface area contributed by atoms with Crippen molar-refractivity contribution in [1.82, 2.24) is 0 Å². The molecule has 1 unspecified atom stereocenters. The van der Waals surface area contributed by atoms with Crippen molar-refractivity contribution in [3.05, 3.63) is 23.8 Å². The standard InChI is InChI=1S/C17H25NO/c1-17(2,3)13-8-9-16-14(10-13)18-15(11-19-16)12-6-4-5-7-12/h8-10,12,15,18H,4-7,11H2,1-3H3. The first kappa shape index (κ1) is 12.8. The highest BCUT2D eigenvalue weighted by Crippen LogP contribution is 2.37. The highest BCUT2D eigenvalue weighted by molar-refractivity contribution is 5.61. The Morgan fingerprint density at radius 1 is 1.16 bits per heavy atom. The Balaban J connectivity index is 1.82. The maximum absolute atomic E-state index is 5.95. The van der Waals surface area contributed by atoms with E-state index < -0.39 is 0 Å². The number of ether oxygens (including phenoxy) is 1. The van der Waals surface area contributed by atoms with Gasteiger partial charge in [-0.15, -0.1) is 0 Å². The first-order valence-corrected chi connectivity index (χ1v) is 7.58. The molecule has 0 amide bonds. The van der Waals surface area contributed by atoms with Crippen LogP contribution in [0.5, 0.6) is 5.75 Å². The molecule has 19 heavy (non-hydrogen) atoms. The molecule has 1 heterocycles. The molecule has 3 rings (SSSR count). The van der Waals surface area contributed by atoms with Crippen LogP contribution in [0, 0.1) is 5.92 Å². The predicted octanol–water partition coefficient (Wildman–Crippen LogP) is 4.35. The third-order valence-corrected chi connectivity index (χ3v) is 4.57. The lowest BCUT2D eigenvalue weighted by Crippen LogP contribution is -2.37. The van der Waals surface area contributed by atoms with Crippen molar-refractivity contribution in [2.24, 2.45) is 5.92 Å². The molecule has 2 nitrogen and oxygen atoms in total. The number of hydrogen-bond donors (Lipinski definition) is 1. The molecule has 1 saturated carbocycles. The zero-order valence-electron chi connectivity index (χ0n) is 12.3. The number of rotatable bonds is 1. The van der Waals surface area contributed by atoms with E-state index in [0.717, 1.165) is 18.3 Å². The van der Waals surface area contributed by atoms with Crippen molar-refractivity contribution in [2.75, 3.05) is 11.9 Å². The molecule has 1 aliphatic carbocycles. The molecule has 0 aromatic heterocycles. The van der Waals surface area contributed by atoms with Gasteiger partial charge in [0.2, 0.25) is 0 Å². The van der Waals surface area contributed by atoms with Crippen LogP contribution >= 0.6 is 0 Å². The molecule has 1 aliphatic heterocycles. The van der Waals surface area contributed by atoms with Crippen LogP contribution in [-0.4, -0.2) is 12.6 Å². The van der Waals surface area contributed by atoms with E-state index >= 15 is 0 Å². The second kappa shape index (κ2) is 4.73. The summed E-state index contributed by atoms with van der Waals surface area (Å²) in [5, 5.41) is 3.73. The zero-order chi connectivity index (χ0) is 13.5. The summed E-state index contributed by atoms with van der Waals surface area (Å²) in [6, 6.07) is 7.09. The Morgan fingerprint density at radius 2 is 1.89 bits per heavy atom. The number of hydrogen-bond acceptors (Lipinski definition) is 2. The first-order chi connectivity index (χ1) is 9.04. The quantitative estimate of drug-likeness (QED) is 0.809. The summed E-state index contributed by atoms with van der Waals surface area (Å²) in [7, 11) is 0. The van der Waals surface area contributed by atoms with Crippen molar-refractivity contribution in [2.45, 2.75) is 57.9 Å². The van der Waals surface area contributed by atoms with E-state index in [1.165, 1.54) is 36.9 Å². The van der Waals surface area contributed by atoms with Gasteiger partial charge in [0.25, 0.3) is 0 Å². The van der Waals surface area contributed by atoms with Crippen LogP contribution in [-0.2, 0) is 5.41 Å².